The van der Waals surface area contributed by atoms with Gasteiger partial charge in [-0.1, -0.05) is 0 Å². The van der Waals surface area contributed by atoms with Crippen molar-refractivity contribution < 1.29 is 13.2 Å². The highest BCUT2D eigenvalue weighted by molar-refractivity contribution is 7.89. The largest absolute Gasteiger partial charge is 0.483 e. The minimum absolute atomic E-state index is 0.430. The molecular weight excluding hydrogens is 142 g/mol. The number of hydrogen-bond donors (Lipinski definition) is 0. The summed E-state index contributed by atoms with van der Waals surface area (Å²) in [5, 5.41) is 0. The smallest absolute Gasteiger partial charge is 0.253 e. The Balaban J connectivity index is 3.73. The zero-order valence-corrected chi connectivity index (χ0v) is 6.18. The number of nitrogens with zero attached hydrogens (tertiary/aromatic N) is 1. The van der Waals surface area contributed by atoms with Gasteiger partial charge in [-0.05, 0) is 6.92 Å². The van der Waals surface area contributed by atoms with Gasteiger partial charge >= 0.3 is 0 Å². The maximum absolute atomic E-state index is 10.2. The molecule has 0 N–H and O–H groups in total. The quantitative estimate of drug-likeness (QED) is 0.421. The van der Waals surface area contributed by atoms with Crippen LogP contribution in [0.5, 0.6) is 0 Å². The molecule has 0 fully saturated rings. The molecule has 0 radical (unpaired) electrons. The first-order valence-corrected chi connectivity index (χ1v) is 4.26. The molecule has 0 spiro atoms. The molecule has 0 heterocycles. The lowest BCUT2D eigenvalue weighted by Gasteiger charge is -1.88. The molecular formula is C4H9NO3S. The Bertz CT molecular complexity index is 182. The SMILES string of the molecule is CCO/C=N\S(C)(=O)=O. The lowest BCUT2D eigenvalue weighted by Crippen LogP contribution is -1.93. The van der Waals surface area contributed by atoms with Crippen molar-refractivity contribution in [2.45, 2.75) is 6.92 Å². The molecule has 0 saturated heterocycles. The molecule has 0 atom stereocenters. The van der Waals surface area contributed by atoms with Crippen molar-refractivity contribution in [3.8, 4) is 0 Å². The van der Waals surface area contributed by atoms with Crippen molar-refractivity contribution in [3.05, 3.63) is 0 Å². The van der Waals surface area contributed by atoms with Crippen LogP contribution in [0.3, 0.4) is 0 Å². The topological polar surface area (TPSA) is 55.7 Å². The summed E-state index contributed by atoms with van der Waals surface area (Å²) in [5.41, 5.74) is 0. The van der Waals surface area contributed by atoms with Gasteiger partial charge in [0.1, 0.15) is 0 Å². The highest BCUT2D eigenvalue weighted by Gasteiger charge is 1.91. The molecule has 0 rings (SSSR count). The van der Waals surface area contributed by atoms with E-state index in [2.05, 4.69) is 9.13 Å². The number of sulfonamides is 1. The Labute approximate surface area is 54.6 Å². The highest BCUT2D eigenvalue weighted by Crippen LogP contribution is 1.80. The Morgan fingerprint density at radius 2 is 2.22 bits per heavy atom. The van der Waals surface area contributed by atoms with Crippen molar-refractivity contribution in [3.63, 3.8) is 0 Å². The molecule has 0 aliphatic heterocycles. The van der Waals surface area contributed by atoms with Crippen molar-refractivity contribution in [2.24, 2.45) is 4.40 Å². The van der Waals surface area contributed by atoms with E-state index in [1.54, 1.807) is 6.92 Å². The second kappa shape index (κ2) is 3.45. The van der Waals surface area contributed by atoms with E-state index >= 15 is 0 Å². The lowest BCUT2D eigenvalue weighted by atomic mass is 10.9. The van der Waals surface area contributed by atoms with E-state index in [9.17, 15) is 8.42 Å². The van der Waals surface area contributed by atoms with E-state index in [0.717, 1.165) is 12.7 Å². The first-order chi connectivity index (χ1) is 4.06. The first-order valence-electron chi connectivity index (χ1n) is 2.41. The van der Waals surface area contributed by atoms with Gasteiger partial charge in [0.25, 0.3) is 10.0 Å². The van der Waals surface area contributed by atoms with Gasteiger partial charge in [-0.2, -0.15) is 0 Å². The molecule has 0 amide bonds. The van der Waals surface area contributed by atoms with Crippen molar-refractivity contribution in [1.29, 1.82) is 0 Å². The minimum Gasteiger partial charge on any atom is -0.483 e. The van der Waals surface area contributed by atoms with E-state index in [-0.39, 0.29) is 0 Å². The molecule has 4 nitrogen and oxygen atoms in total. The van der Waals surface area contributed by atoms with Crippen molar-refractivity contribution in [2.75, 3.05) is 12.9 Å². The fraction of sp³-hybridized carbons (Fsp3) is 0.750. The fourth-order valence-corrected chi connectivity index (χ4v) is 0.400. The van der Waals surface area contributed by atoms with Gasteiger partial charge in [0, 0.05) is 0 Å². The Morgan fingerprint density at radius 3 is 2.56 bits per heavy atom. The maximum Gasteiger partial charge on any atom is 0.253 e. The highest BCUT2D eigenvalue weighted by atomic mass is 32.2. The Morgan fingerprint density at radius 1 is 1.67 bits per heavy atom. The second-order valence-corrected chi connectivity index (χ2v) is 3.08. The van der Waals surface area contributed by atoms with Gasteiger partial charge in [0.2, 0.25) is 0 Å². The fourth-order valence-electron chi connectivity index (χ4n) is 0.183. The summed E-state index contributed by atoms with van der Waals surface area (Å²) in [5.74, 6) is 0. The van der Waals surface area contributed by atoms with E-state index in [1.165, 1.54) is 0 Å². The predicted octanol–water partition coefficient (Wildman–Crippen LogP) is 0.0108. The third-order valence-electron chi connectivity index (χ3n) is 0.476. The van der Waals surface area contributed by atoms with E-state index in [0.29, 0.717) is 6.61 Å². The van der Waals surface area contributed by atoms with E-state index < -0.39 is 10.0 Å². The molecule has 0 aromatic carbocycles. The van der Waals surface area contributed by atoms with Gasteiger partial charge in [-0.15, -0.1) is 4.40 Å². The molecule has 0 bridgehead atoms. The second-order valence-electron chi connectivity index (χ2n) is 1.40. The number of ether oxygens (including phenoxy) is 1. The summed E-state index contributed by atoms with van der Waals surface area (Å²) in [4.78, 5) is 0. The average molecular weight is 151 g/mol. The maximum atomic E-state index is 10.2. The molecule has 0 aliphatic rings. The lowest BCUT2D eigenvalue weighted by molar-refractivity contribution is 0.344. The summed E-state index contributed by atoms with van der Waals surface area (Å²) >= 11 is 0. The zero-order valence-electron chi connectivity index (χ0n) is 5.36. The van der Waals surface area contributed by atoms with Crippen molar-refractivity contribution >= 4 is 16.4 Å². The van der Waals surface area contributed by atoms with Crippen LogP contribution in [0.15, 0.2) is 4.40 Å². The van der Waals surface area contributed by atoms with Crippen LogP contribution in [0, 0.1) is 0 Å². The van der Waals surface area contributed by atoms with Crippen LogP contribution in [0.4, 0.5) is 0 Å². The van der Waals surface area contributed by atoms with E-state index in [4.69, 9.17) is 0 Å². The number of rotatable bonds is 3. The van der Waals surface area contributed by atoms with Crippen LogP contribution in [0.25, 0.3) is 0 Å². The van der Waals surface area contributed by atoms with Crippen LogP contribution < -0.4 is 0 Å². The standard InChI is InChI=1S/C4H9NO3S/c1-3-8-4-5-9(2,6)7/h4H,3H2,1-2H3/b5-4-. The van der Waals surface area contributed by atoms with Crippen LogP contribution >= 0.6 is 0 Å². The summed E-state index contributed by atoms with van der Waals surface area (Å²) in [6, 6.07) is 0. The van der Waals surface area contributed by atoms with Crippen molar-refractivity contribution in [1.82, 2.24) is 0 Å². The van der Waals surface area contributed by atoms with Gasteiger partial charge in [-0.3, -0.25) is 0 Å². The molecule has 0 aromatic rings. The molecule has 54 valence electrons. The van der Waals surface area contributed by atoms with Gasteiger partial charge in [0.05, 0.1) is 12.9 Å². The minimum atomic E-state index is -3.25. The van der Waals surface area contributed by atoms with Crippen LogP contribution in [0.1, 0.15) is 6.92 Å². The molecule has 0 unspecified atom stereocenters. The third kappa shape index (κ3) is 7.42. The average Bonchev–Trinajstić information content (AvgIpc) is 1.63. The van der Waals surface area contributed by atoms with Crippen LogP contribution in [-0.4, -0.2) is 27.7 Å². The summed E-state index contributed by atoms with van der Waals surface area (Å²) in [7, 11) is -3.25. The van der Waals surface area contributed by atoms with Crippen LogP contribution in [0.2, 0.25) is 0 Å². The van der Waals surface area contributed by atoms with E-state index in [1.807, 2.05) is 0 Å². The summed E-state index contributed by atoms with van der Waals surface area (Å²) in [6.45, 7) is 2.17. The molecule has 0 aliphatic carbocycles. The molecule has 0 saturated carbocycles. The number of hydrogen-bond acceptors (Lipinski definition) is 3. The Kier molecular flexibility index (Phi) is 3.22. The third-order valence-corrected chi connectivity index (χ3v) is 0.945. The molecule has 5 heteroatoms. The normalized spacial score (nSPS) is 12.2. The first kappa shape index (κ1) is 8.42. The summed E-state index contributed by atoms with van der Waals surface area (Å²) < 4.78 is 28.1. The molecule has 9 heavy (non-hydrogen) atoms. The molecule has 0 aromatic heterocycles. The monoisotopic (exact) mass is 151 g/mol. The zero-order chi connectivity index (χ0) is 7.33. The summed E-state index contributed by atoms with van der Waals surface area (Å²) in [6.07, 6.45) is 1.93. The predicted molar refractivity (Wildman–Crippen MR) is 35.0 cm³/mol. The van der Waals surface area contributed by atoms with Gasteiger partial charge in [0.15, 0.2) is 6.40 Å². The van der Waals surface area contributed by atoms with Gasteiger partial charge in [-0.25, -0.2) is 8.42 Å². The van der Waals surface area contributed by atoms with Crippen LogP contribution in [-0.2, 0) is 14.8 Å². The van der Waals surface area contributed by atoms with Gasteiger partial charge < -0.3 is 4.74 Å². The Hall–Kier alpha value is -0.580.